The molecule has 0 aliphatic carbocycles. The molecular formula is C3H14N6. The van der Waals surface area contributed by atoms with Gasteiger partial charge in [0, 0.05) is 6.54 Å². The average Bonchev–Trinajstić information content (AvgIpc) is 1.89. The van der Waals surface area contributed by atoms with E-state index in [2.05, 4.69) is 34.5 Å². The molecule has 0 aromatic rings. The van der Waals surface area contributed by atoms with Crippen molar-refractivity contribution in [2.24, 2.45) is 5.84 Å². The van der Waals surface area contributed by atoms with Crippen molar-refractivity contribution in [1.29, 1.82) is 0 Å². The Labute approximate surface area is 54.4 Å². The van der Waals surface area contributed by atoms with Crippen LogP contribution in [-0.4, -0.2) is 6.54 Å². The number of rotatable bonds is 6. The molecule has 0 aromatic heterocycles. The van der Waals surface area contributed by atoms with Gasteiger partial charge in [-0.05, 0) is 6.42 Å². The van der Waals surface area contributed by atoms with Crippen molar-refractivity contribution in [1.82, 2.24) is 27.6 Å². The van der Waals surface area contributed by atoms with Crippen LogP contribution in [0.1, 0.15) is 13.3 Å². The topological polar surface area (TPSA) is 86.2 Å². The molecule has 0 fully saturated rings. The molecule has 0 unspecified atom stereocenters. The predicted molar refractivity (Wildman–Crippen MR) is 35.0 cm³/mol. The molecule has 0 atom stereocenters. The number of nitrogens with two attached hydrogens (primary N) is 1. The summed E-state index contributed by atoms with van der Waals surface area (Å²) in [5, 5.41) is 0. The van der Waals surface area contributed by atoms with Crippen molar-refractivity contribution in [3.05, 3.63) is 0 Å². The molecule has 0 heterocycles. The summed E-state index contributed by atoms with van der Waals surface area (Å²) in [6, 6.07) is 0. The summed E-state index contributed by atoms with van der Waals surface area (Å²) < 4.78 is 0. The molecule has 0 spiro atoms. The van der Waals surface area contributed by atoms with Crippen LogP contribution < -0.4 is 33.4 Å². The Kier molecular flexibility index (Phi) is 7.55. The molecule has 0 aromatic carbocycles. The summed E-state index contributed by atoms with van der Waals surface area (Å²) in [5.41, 5.74) is 12.6. The van der Waals surface area contributed by atoms with Gasteiger partial charge in [-0.3, -0.25) is 5.84 Å². The molecule has 0 saturated heterocycles. The van der Waals surface area contributed by atoms with Gasteiger partial charge in [0.05, 0.1) is 0 Å². The standard InChI is InChI=1S/C3H14N6/c1-2-3-5-7-9-8-6-4/h5-9H,2-4H2,1H3. The largest absolute Gasteiger partial charge is 0.257 e. The maximum atomic E-state index is 4.85. The van der Waals surface area contributed by atoms with Gasteiger partial charge in [-0.25, -0.2) is 5.43 Å². The molecule has 0 aliphatic heterocycles. The Balaban J connectivity index is 2.60. The average molecular weight is 134 g/mol. The minimum Gasteiger partial charge on any atom is -0.257 e. The highest BCUT2D eigenvalue weighted by Gasteiger charge is 1.77. The fraction of sp³-hybridized carbons (Fsp3) is 1.00. The van der Waals surface area contributed by atoms with Crippen LogP contribution in [0.2, 0.25) is 0 Å². The second-order valence-electron chi connectivity index (χ2n) is 1.45. The molecule has 0 bridgehead atoms. The van der Waals surface area contributed by atoms with Crippen LogP contribution in [-0.2, 0) is 0 Å². The van der Waals surface area contributed by atoms with Crippen molar-refractivity contribution in [2.45, 2.75) is 13.3 Å². The highest BCUT2D eigenvalue weighted by atomic mass is 15.8. The normalized spacial score (nSPS) is 10.0. The second-order valence-corrected chi connectivity index (χ2v) is 1.45. The third-order valence-electron chi connectivity index (χ3n) is 0.661. The molecule has 0 amide bonds. The van der Waals surface area contributed by atoms with E-state index in [-0.39, 0.29) is 0 Å². The monoisotopic (exact) mass is 134 g/mol. The molecular weight excluding hydrogens is 120 g/mol. The van der Waals surface area contributed by atoms with Gasteiger partial charge in [-0.15, -0.1) is 0 Å². The summed E-state index contributed by atoms with van der Waals surface area (Å²) in [4.78, 5) is 0. The van der Waals surface area contributed by atoms with Gasteiger partial charge in [0.2, 0.25) is 0 Å². The fourth-order valence-corrected chi connectivity index (χ4v) is 0.299. The van der Waals surface area contributed by atoms with Crippen LogP contribution in [0.15, 0.2) is 0 Å². The Bertz CT molecular complexity index is 41.6. The predicted octanol–water partition coefficient (Wildman–Crippen LogP) is -2.12. The summed E-state index contributed by atoms with van der Waals surface area (Å²) in [6.45, 7) is 2.97. The second kappa shape index (κ2) is 7.76. The van der Waals surface area contributed by atoms with Gasteiger partial charge < -0.3 is 0 Å². The minimum atomic E-state index is 0.902. The summed E-state index contributed by atoms with van der Waals surface area (Å²) in [6.07, 6.45) is 1.07. The van der Waals surface area contributed by atoms with Crippen molar-refractivity contribution in [2.75, 3.05) is 6.54 Å². The van der Waals surface area contributed by atoms with Crippen LogP contribution in [0.4, 0.5) is 0 Å². The molecule has 0 saturated carbocycles. The highest BCUT2D eigenvalue weighted by molar-refractivity contribution is 4.29. The van der Waals surface area contributed by atoms with E-state index in [1.807, 2.05) is 0 Å². The van der Waals surface area contributed by atoms with E-state index in [1.165, 1.54) is 0 Å². The van der Waals surface area contributed by atoms with Crippen molar-refractivity contribution in [3.8, 4) is 0 Å². The van der Waals surface area contributed by atoms with Crippen LogP contribution in [0.3, 0.4) is 0 Å². The van der Waals surface area contributed by atoms with Crippen LogP contribution in [0, 0.1) is 0 Å². The van der Waals surface area contributed by atoms with E-state index in [9.17, 15) is 0 Å². The number of hydrogen-bond donors (Lipinski definition) is 6. The summed E-state index contributed by atoms with van der Waals surface area (Å²) in [7, 11) is 0. The van der Waals surface area contributed by atoms with E-state index in [1.54, 1.807) is 0 Å². The van der Waals surface area contributed by atoms with Gasteiger partial charge in [-0.1, -0.05) is 6.92 Å². The van der Waals surface area contributed by atoms with Crippen LogP contribution in [0.5, 0.6) is 0 Å². The fourth-order valence-electron chi connectivity index (χ4n) is 0.299. The van der Waals surface area contributed by atoms with Gasteiger partial charge in [-0.2, -0.15) is 22.1 Å². The van der Waals surface area contributed by atoms with E-state index < -0.39 is 0 Å². The summed E-state index contributed by atoms with van der Waals surface area (Å²) >= 11 is 0. The smallest absolute Gasteiger partial charge is 0.0111 e. The molecule has 0 radical (unpaired) electrons. The first-order valence-electron chi connectivity index (χ1n) is 2.85. The third-order valence-corrected chi connectivity index (χ3v) is 0.661. The zero-order valence-corrected chi connectivity index (χ0v) is 5.49. The molecule has 0 rings (SSSR count). The molecule has 6 heteroatoms. The maximum absolute atomic E-state index is 4.85. The van der Waals surface area contributed by atoms with Gasteiger partial charge >= 0.3 is 0 Å². The summed E-state index contributed by atoms with van der Waals surface area (Å²) in [5.74, 6) is 4.85. The van der Waals surface area contributed by atoms with Crippen molar-refractivity contribution >= 4 is 0 Å². The highest BCUT2D eigenvalue weighted by Crippen LogP contribution is 1.62. The minimum absolute atomic E-state index is 0.902. The molecule has 7 N–H and O–H groups in total. The van der Waals surface area contributed by atoms with Gasteiger partial charge in [0.15, 0.2) is 0 Å². The zero-order valence-electron chi connectivity index (χ0n) is 5.49. The maximum Gasteiger partial charge on any atom is 0.0111 e. The van der Waals surface area contributed by atoms with Gasteiger partial charge in [0.1, 0.15) is 0 Å². The van der Waals surface area contributed by atoms with Gasteiger partial charge in [0.25, 0.3) is 0 Å². The van der Waals surface area contributed by atoms with E-state index in [4.69, 9.17) is 5.84 Å². The first-order valence-corrected chi connectivity index (χ1v) is 2.85. The number of nitrogens with one attached hydrogen (secondary N) is 5. The van der Waals surface area contributed by atoms with E-state index in [0.717, 1.165) is 13.0 Å². The molecule has 56 valence electrons. The number of hydrogen-bond acceptors (Lipinski definition) is 6. The number of hydrazine groups is 5. The lowest BCUT2D eigenvalue weighted by Gasteiger charge is -2.06. The molecule has 6 nitrogen and oxygen atoms in total. The molecule has 0 aliphatic rings. The third kappa shape index (κ3) is 7.76. The lowest BCUT2D eigenvalue weighted by atomic mass is 10.5. The van der Waals surface area contributed by atoms with E-state index >= 15 is 0 Å². The van der Waals surface area contributed by atoms with Crippen LogP contribution in [0.25, 0.3) is 0 Å². The zero-order chi connectivity index (χ0) is 6.95. The Hall–Kier alpha value is -0.240. The van der Waals surface area contributed by atoms with Crippen molar-refractivity contribution in [3.63, 3.8) is 0 Å². The van der Waals surface area contributed by atoms with Crippen molar-refractivity contribution < 1.29 is 0 Å². The lowest BCUT2D eigenvalue weighted by molar-refractivity contribution is 0.329. The van der Waals surface area contributed by atoms with E-state index in [0.29, 0.717) is 0 Å². The SMILES string of the molecule is CCCNNNNNN. The Morgan fingerprint density at radius 1 is 1.22 bits per heavy atom. The lowest BCUT2D eigenvalue weighted by Crippen LogP contribution is -2.57. The first-order chi connectivity index (χ1) is 4.41. The quantitative estimate of drug-likeness (QED) is 0.141. The van der Waals surface area contributed by atoms with Crippen LogP contribution >= 0.6 is 0 Å². The first kappa shape index (κ1) is 8.76. The molecule has 9 heavy (non-hydrogen) atoms. The Morgan fingerprint density at radius 3 is 2.56 bits per heavy atom. The Morgan fingerprint density at radius 2 is 2.00 bits per heavy atom.